The minimum absolute atomic E-state index is 0.143. The summed E-state index contributed by atoms with van der Waals surface area (Å²) in [5.74, 6) is -0.507. The smallest absolute Gasteiger partial charge is 0.341 e. The Morgan fingerprint density at radius 1 is 1.53 bits per heavy atom. The van der Waals surface area contributed by atoms with E-state index in [1.54, 1.807) is 6.92 Å². The second kappa shape index (κ2) is 4.48. The van der Waals surface area contributed by atoms with Crippen LogP contribution in [0.1, 0.15) is 29.3 Å². The molecule has 0 radical (unpaired) electrons. The van der Waals surface area contributed by atoms with Crippen molar-refractivity contribution in [2.45, 2.75) is 13.3 Å². The quantitative estimate of drug-likeness (QED) is 0.774. The topological polar surface area (TPSA) is 43.6 Å². The van der Waals surface area contributed by atoms with Crippen molar-refractivity contribution in [3.05, 3.63) is 35.7 Å². The van der Waals surface area contributed by atoms with Crippen LogP contribution < -0.4 is 0 Å². The van der Waals surface area contributed by atoms with Crippen LogP contribution in [0.2, 0.25) is 0 Å². The molecule has 90 valence electrons. The number of nitrogens with zero attached hydrogens (tertiary/aromatic N) is 2. The lowest BCUT2D eigenvalue weighted by Crippen LogP contribution is -2.04. The van der Waals surface area contributed by atoms with Gasteiger partial charge in [0.05, 0.1) is 18.3 Å². The molecule has 2 rings (SSSR count). The Morgan fingerprint density at radius 2 is 2.29 bits per heavy atom. The zero-order chi connectivity index (χ0) is 12.4. The molecule has 4 nitrogen and oxygen atoms in total. The van der Waals surface area contributed by atoms with Crippen molar-refractivity contribution in [2.24, 2.45) is 0 Å². The molecule has 0 aliphatic rings. The fraction of sp³-hybridized carbons (Fsp3) is 0.273. The first-order chi connectivity index (χ1) is 8.13. The summed E-state index contributed by atoms with van der Waals surface area (Å²) in [7, 11) is 0. The van der Waals surface area contributed by atoms with Gasteiger partial charge in [-0.2, -0.15) is 5.10 Å². The summed E-state index contributed by atoms with van der Waals surface area (Å²) in [6.07, 6.45) is -0.0553. The van der Waals surface area contributed by atoms with Crippen LogP contribution in [0.5, 0.6) is 0 Å². The highest BCUT2D eigenvalue weighted by Gasteiger charge is 2.15. The van der Waals surface area contributed by atoms with E-state index in [1.165, 1.54) is 29.0 Å². The molecule has 2 heterocycles. The summed E-state index contributed by atoms with van der Waals surface area (Å²) >= 11 is 0. The molecular weight excluding hydrogens is 230 g/mol. The highest BCUT2D eigenvalue weighted by molar-refractivity contribution is 5.96. The van der Waals surface area contributed by atoms with E-state index in [4.69, 9.17) is 4.74 Å². The molecule has 0 bridgehead atoms. The zero-order valence-corrected chi connectivity index (χ0v) is 9.06. The standard InChI is InChI=1S/C11H10F2N2O2/c1-2-17-11(16)8-5-14-15-6-7(10(12)13)3-4-9(8)15/h3-6,10H,2H2,1H3. The number of halogens is 2. The number of esters is 1. The van der Waals surface area contributed by atoms with Crippen LogP contribution in [0, 0.1) is 0 Å². The number of carbonyl (C=O) groups is 1. The molecule has 0 N–H and O–H groups in total. The molecule has 17 heavy (non-hydrogen) atoms. The number of pyridine rings is 1. The molecular formula is C11H10F2N2O2. The Balaban J connectivity index is 2.45. The SMILES string of the molecule is CCOC(=O)c1cnn2cc(C(F)F)ccc12. The predicted molar refractivity (Wildman–Crippen MR) is 56.1 cm³/mol. The van der Waals surface area contributed by atoms with Gasteiger partial charge in [-0.3, -0.25) is 0 Å². The number of hydrogen-bond donors (Lipinski definition) is 0. The second-order valence-corrected chi connectivity index (χ2v) is 3.37. The highest BCUT2D eigenvalue weighted by atomic mass is 19.3. The minimum Gasteiger partial charge on any atom is -0.462 e. The zero-order valence-electron chi connectivity index (χ0n) is 9.06. The third-order valence-electron chi connectivity index (χ3n) is 2.29. The van der Waals surface area contributed by atoms with Crippen molar-refractivity contribution in [1.82, 2.24) is 9.61 Å². The Morgan fingerprint density at radius 3 is 2.94 bits per heavy atom. The molecule has 0 fully saturated rings. The van der Waals surface area contributed by atoms with Crippen molar-refractivity contribution < 1.29 is 18.3 Å². The first-order valence-corrected chi connectivity index (χ1v) is 5.06. The average Bonchev–Trinajstić information content (AvgIpc) is 2.71. The Hall–Kier alpha value is -1.98. The number of hydrogen-bond acceptors (Lipinski definition) is 3. The number of carbonyl (C=O) groups excluding carboxylic acids is 1. The highest BCUT2D eigenvalue weighted by Crippen LogP contribution is 2.20. The van der Waals surface area contributed by atoms with Crippen LogP contribution in [0.25, 0.3) is 5.52 Å². The summed E-state index contributed by atoms with van der Waals surface area (Å²) in [5, 5.41) is 3.85. The summed E-state index contributed by atoms with van der Waals surface area (Å²) in [4.78, 5) is 11.5. The molecule has 0 atom stereocenters. The number of alkyl halides is 2. The lowest BCUT2D eigenvalue weighted by molar-refractivity contribution is 0.0528. The number of ether oxygens (including phenoxy) is 1. The normalized spacial score (nSPS) is 11.1. The fourth-order valence-electron chi connectivity index (χ4n) is 1.50. The van der Waals surface area contributed by atoms with Crippen LogP contribution in [-0.2, 0) is 4.74 Å². The van der Waals surface area contributed by atoms with Crippen LogP contribution in [0.3, 0.4) is 0 Å². The molecule has 0 aliphatic carbocycles. The number of aromatic nitrogens is 2. The van der Waals surface area contributed by atoms with Gasteiger partial charge in [-0.1, -0.05) is 0 Å². The van der Waals surface area contributed by atoms with Crippen LogP contribution in [-0.4, -0.2) is 22.2 Å². The minimum atomic E-state index is -2.56. The lowest BCUT2D eigenvalue weighted by Gasteiger charge is -2.02. The van der Waals surface area contributed by atoms with Crippen LogP contribution >= 0.6 is 0 Å². The van der Waals surface area contributed by atoms with Gasteiger partial charge in [0.2, 0.25) is 0 Å². The Labute approximate surface area is 95.8 Å². The third-order valence-corrected chi connectivity index (χ3v) is 2.29. The van der Waals surface area contributed by atoms with Gasteiger partial charge in [0, 0.05) is 11.8 Å². The maximum Gasteiger partial charge on any atom is 0.341 e. The third kappa shape index (κ3) is 2.11. The van der Waals surface area contributed by atoms with E-state index in [9.17, 15) is 13.6 Å². The number of rotatable bonds is 3. The van der Waals surface area contributed by atoms with E-state index < -0.39 is 12.4 Å². The molecule has 0 aliphatic heterocycles. The summed E-state index contributed by atoms with van der Waals surface area (Å²) in [6.45, 7) is 1.95. The molecule has 0 unspecified atom stereocenters. The Bertz CT molecular complexity index is 551. The van der Waals surface area contributed by atoms with E-state index in [-0.39, 0.29) is 17.7 Å². The van der Waals surface area contributed by atoms with Crippen LogP contribution in [0.15, 0.2) is 24.5 Å². The van der Waals surface area contributed by atoms with Gasteiger partial charge in [0.25, 0.3) is 6.43 Å². The van der Waals surface area contributed by atoms with Crippen molar-refractivity contribution in [2.75, 3.05) is 6.61 Å². The monoisotopic (exact) mass is 240 g/mol. The van der Waals surface area contributed by atoms with E-state index >= 15 is 0 Å². The summed E-state index contributed by atoms with van der Waals surface area (Å²) in [5.41, 5.74) is 0.580. The maximum absolute atomic E-state index is 12.4. The van der Waals surface area contributed by atoms with Gasteiger partial charge in [0.15, 0.2) is 0 Å². The molecule has 6 heteroatoms. The van der Waals surface area contributed by atoms with Gasteiger partial charge in [-0.05, 0) is 19.1 Å². The Kier molecular flexibility index (Phi) is 3.03. The fourth-order valence-corrected chi connectivity index (χ4v) is 1.50. The van der Waals surface area contributed by atoms with Crippen molar-refractivity contribution >= 4 is 11.5 Å². The molecule has 0 saturated heterocycles. The lowest BCUT2D eigenvalue weighted by atomic mass is 10.2. The van der Waals surface area contributed by atoms with Gasteiger partial charge in [-0.15, -0.1) is 0 Å². The van der Waals surface area contributed by atoms with Crippen LogP contribution in [0.4, 0.5) is 8.78 Å². The van der Waals surface area contributed by atoms with Crippen molar-refractivity contribution in [1.29, 1.82) is 0 Å². The molecule has 0 aromatic carbocycles. The van der Waals surface area contributed by atoms with Crippen molar-refractivity contribution in [3.8, 4) is 0 Å². The largest absolute Gasteiger partial charge is 0.462 e. The maximum atomic E-state index is 12.4. The summed E-state index contributed by atoms with van der Waals surface area (Å²) in [6, 6.07) is 2.70. The predicted octanol–water partition coefficient (Wildman–Crippen LogP) is 2.45. The van der Waals surface area contributed by atoms with Gasteiger partial charge in [-0.25, -0.2) is 18.1 Å². The first-order valence-electron chi connectivity index (χ1n) is 5.06. The van der Waals surface area contributed by atoms with Gasteiger partial charge < -0.3 is 4.74 Å². The van der Waals surface area contributed by atoms with E-state index in [0.717, 1.165) is 0 Å². The van der Waals surface area contributed by atoms with E-state index in [0.29, 0.717) is 5.52 Å². The van der Waals surface area contributed by atoms with Gasteiger partial charge >= 0.3 is 5.97 Å². The van der Waals surface area contributed by atoms with E-state index in [1.807, 2.05) is 0 Å². The molecule has 0 amide bonds. The van der Waals surface area contributed by atoms with E-state index in [2.05, 4.69) is 5.10 Å². The molecule has 2 aromatic rings. The second-order valence-electron chi connectivity index (χ2n) is 3.37. The average molecular weight is 240 g/mol. The molecule has 0 spiro atoms. The first kappa shape index (κ1) is 11.5. The van der Waals surface area contributed by atoms with Gasteiger partial charge in [0.1, 0.15) is 5.56 Å². The molecule has 0 saturated carbocycles. The van der Waals surface area contributed by atoms with Crippen molar-refractivity contribution in [3.63, 3.8) is 0 Å². The summed E-state index contributed by atoms with van der Waals surface area (Å²) < 4.78 is 31.0. The number of fused-ring (bicyclic) bond motifs is 1. The molecule has 2 aromatic heterocycles.